The number of hydrogen-bond donors (Lipinski definition) is 1. The molecule has 3 aromatic rings. The highest BCUT2D eigenvalue weighted by molar-refractivity contribution is 7.92. The summed E-state index contributed by atoms with van der Waals surface area (Å²) >= 11 is 0. The van der Waals surface area contributed by atoms with Gasteiger partial charge in [-0.3, -0.25) is 4.90 Å². The number of benzene rings is 2. The van der Waals surface area contributed by atoms with E-state index in [1.54, 1.807) is 12.1 Å². The van der Waals surface area contributed by atoms with Gasteiger partial charge in [0.05, 0.1) is 10.6 Å². The highest BCUT2D eigenvalue weighted by atomic mass is 32.2. The van der Waals surface area contributed by atoms with Crippen LogP contribution < -0.4 is 9.46 Å². The van der Waals surface area contributed by atoms with Gasteiger partial charge in [0.25, 0.3) is 10.0 Å². The molecule has 0 saturated carbocycles. The van der Waals surface area contributed by atoms with Crippen LogP contribution in [0.5, 0.6) is 5.88 Å². The maximum absolute atomic E-state index is 13.5. The van der Waals surface area contributed by atoms with Crippen molar-refractivity contribution in [3.63, 3.8) is 0 Å². The normalized spacial score (nSPS) is 18.3. The molecule has 0 fully saturated rings. The number of sulfonamides is 1. The molecule has 1 aliphatic heterocycles. The Balaban J connectivity index is 1.78. The number of fused-ring (bicyclic) bond motifs is 4. The summed E-state index contributed by atoms with van der Waals surface area (Å²) in [5.41, 5.74) is 4.90. The van der Waals surface area contributed by atoms with Crippen LogP contribution in [0.1, 0.15) is 77.5 Å². The lowest BCUT2D eigenvalue weighted by atomic mass is 9.84. The number of anilines is 1. The monoisotopic (exact) mass is 592 g/mol. The van der Waals surface area contributed by atoms with Gasteiger partial charge in [0.2, 0.25) is 11.8 Å². The van der Waals surface area contributed by atoms with E-state index in [1.807, 2.05) is 50.2 Å². The molecular formula is C34H48N4O3S. The van der Waals surface area contributed by atoms with E-state index in [1.165, 1.54) is 0 Å². The summed E-state index contributed by atoms with van der Waals surface area (Å²) in [6, 6.07) is 15.2. The first-order valence-electron chi connectivity index (χ1n) is 15.1. The molecule has 0 spiro atoms. The second-order valence-electron chi connectivity index (χ2n) is 13.7. The van der Waals surface area contributed by atoms with Crippen LogP contribution in [0.3, 0.4) is 0 Å². The van der Waals surface area contributed by atoms with Crippen molar-refractivity contribution in [2.24, 2.45) is 17.3 Å². The standard InChI is InChI=1S/C34H48N4O3S/c1-23(2)17-28-22-41-31-19-30(32-25(4)11-9-12-26(32)5)35-33(36-31)37-42(39,40)29-14-10-13-27(18-29)21-38(28)16-15-24(3)20-34(6,7)8/h9-14,18-19,23-24,28H,15-17,20-22H2,1-8H3,(H,35,36,37)/t24?,28-/m1/s1. The summed E-state index contributed by atoms with van der Waals surface area (Å²) < 4.78 is 36.2. The van der Waals surface area contributed by atoms with Crippen LogP contribution in [0.15, 0.2) is 53.4 Å². The molecule has 7 nitrogen and oxygen atoms in total. The quantitative estimate of drug-likeness (QED) is 0.304. The van der Waals surface area contributed by atoms with Crippen LogP contribution in [0.25, 0.3) is 11.3 Å². The molecule has 4 rings (SSSR count). The lowest BCUT2D eigenvalue weighted by Crippen LogP contribution is -2.41. The largest absolute Gasteiger partial charge is 0.476 e. The average molecular weight is 593 g/mol. The van der Waals surface area contributed by atoms with Gasteiger partial charge < -0.3 is 4.74 Å². The van der Waals surface area contributed by atoms with E-state index >= 15 is 0 Å². The van der Waals surface area contributed by atoms with Gasteiger partial charge in [-0.05, 0) is 85.7 Å². The molecule has 2 atom stereocenters. The molecule has 228 valence electrons. The molecule has 2 heterocycles. The topological polar surface area (TPSA) is 84.4 Å². The lowest BCUT2D eigenvalue weighted by Gasteiger charge is -2.34. The van der Waals surface area contributed by atoms with E-state index in [0.29, 0.717) is 36.6 Å². The van der Waals surface area contributed by atoms with E-state index in [-0.39, 0.29) is 22.3 Å². The Kier molecular flexibility index (Phi) is 9.99. The van der Waals surface area contributed by atoms with Crippen LogP contribution in [0, 0.1) is 31.1 Å². The molecular weight excluding hydrogens is 544 g/mol. The highest BCUT2D eigenvalue weighted by Crippen LogP contribution is 2.31. The van der Waals surface area contributed by atoms with Crippen molar-refractivity contribution in [3.8, 4) is 17.1 Å². The first-order valence-corrected chi connectivity index (χ1v) is 16.6. The summed E-state index contributed by atoms with van der Waals surface area (Å²) in [7, 11) is -3.92. The minimum Gasteiger partial charge on any atom is -0.476 e. The van der Waals surface area contributed by atoms with Gasteiger partial charge in [-0.25, -0.2) is 18.1 Å². The molecule has 1 aliphatic rings. The van der Waals surface area contributed by atoms with Gasteiger partial charge in [0.1, 0.15) is 6.61 Å². The summed E-state index contributed by atoms with van der Waals surface area (Å²) in [6.45, 7) is 19.7. The molecule has 8 heteroatoms. The number of aryl methyl sites for hydroxylation is 2. The number of rotatable bonds is 7. The zero-order chi connectivity index (χ0) is 30.7. The van der Waals surface area contributed by atoms with Gasteiger partial charge in [-0.1, -0.05) is 71.9 Å². The van der Waals surface area contributed by atoms with E-state index in [0.717, 1.165) is 48.1 Å². The Morgan fingerprint density at radius 2 is 1.71 bits per heavy atom. The SMILES string of the molecule is Cc1cccc(C)c1-c1cc2nc(n1)NS(=O)(=O)c1cccc(c1)CN(CCC(C)CC(C)(C)C)[C@H](CC(C)C)CO2. The lowest BCUT2D eigenvalue weighted by molar-refractivity contribution is 0.100. The first kappa shape index (κ1) is 32.0. The van der Waals surface area contributed by atoms with Crippen molar-refractivity contribution in [1.82, 2.24) is 14.9 Å². The van der Waals surface area contributed by atoms with Crippen molar-refractivity contribution >= 4 is 16.0 Å². The van der Waals surface area contributed by atoms with E-state index in [4.69, 9.17) is 4.74 Å². The number of nitrogens with zero attached hydrogens (tertiary/aromatic N) is 3. The number of aromatic nitrogens is 2. The predicted molar refractivity (Wildman–Crippen MR) is 171 cm³/mol. The highest BCUT2D eigenvalue weighted by Gasteiger charge is 2.26. The van der Waals surface area contributed by atoms with Gasteiger partial charge in [-0.15, -0.1) is 0 Å². The fourth-order valence-electron chi connectivity index (χ4n) is 6.09. The average Bonchev–Trinajstić information content (AvgIpc) is 2.87. The fourth-order valence-corrected chi connectivity index (χ4v) is 7.10. The van der Waals surface area contributed by atoms with Crippen LogP contribution in [-0.4, -0.2) is 42.5 Å². The molecule has 1 unspecified atom stereocenters. The maximum atomic E-state index is 13.5. The first-order chi connectivity index (χ1) is 19.7. The molecule has 2 aromatic carbocycles. The van der Waals surface area contributed by atoms with Crippen molar-refractivity contribution < 1.29 is 13.2 Å². The Morgan fingerprint density at radius 3 is 2.38 bits per heavy atom. The molecule has 0 saturated heterocycles. The van der Waals surface area contributed by atoms with Crippen molar-refractivity contribution in [2.45, 2.75) is 92.1 Å². The smallest absolute Gasteiger partial charge is 0.264 e. The Morgan fingerprint density at radius 1 is 1.02 bits per heavy atom. The predicted octanol–water partition coefficient (Wildman–Crippen LogP) is 7.63. The summed E-state index contributed by atoms with van der Waals surface area (Å²) in [5.74, 6) is 1.39. The zero-order valence-electron chi connectivity index (χ0n) is 26.6. The van der Waals surface area contributed by atoms with Crippen molar-refractivity contribution in [3.05, 3.63) is 65.2 Å². The van der Waals surface area contributed by atoms with E-state index in [9.17, 15) is 8.42 Å². The van der Waals surface area contributed by atoms with Gasteiger partial charge in [0, 0.05) is 24.2 Å². The maximum Gasteiger partial charge on any atom is 0.264 e. The summed E-state index contributed by atoms with van der Waals surface area (Å²) in [5, 5.41) is 0. The second kappa shape index (κ2) is 13.1. The third kappa shape index (κ3) is 8.54. The van der Waals surface area contributed by atoms with Crippen molar-refractivity contribution in [1.29, 1.82) is 0 Å². The number of ether oxygens (including phenoxy) is 1. The Hall–Kier alpha value is -2.97. The Bertz CT molecular complexity index is 1460. The minimum absolute atomic E-state index is 0.00285. The van der Waals surface area contributed by atoms with E-state index < -0.39 is 10.0 Å². The molecule has 0 amide bonds. The molecule has 0 radical (unpaired) electrons. The van der Waals surface area contributed by atoms with Gasteiger partial charge >= 0.3 is 0 Å². The van der Waals surface area contributed by atoms with Gasteiger partial charge in [0.15, 0.2) is 0 Å². The Labute approximate surface area is 253 Å². The van der Waals surface area contributed by atoms with E-state index in [2.05, 4.69) is 61.1 Å². The summed E-state index contributed by atoms with van der Waals surface area (Å²) in [4.78, 5) is 11.9. The third-order valence-corrected chi connectivity index (χ3v) is 9.14. The number of hydrogen-bond acceptors (Lipinski definition) is 6. The fraction of sp³-hybridized carbons (Fsp3) is 0.529. The number of nitrogens with one attached hydrogen (secondary N) is 1. The minimum atomic E-state index is -3.92. The van der Waals surface area contributed by atoms with Crippen LogP contribution in [-0.2, 0) is 16.6 Å². The van der Waals surface area contributed by atoms with Gasteiger partial charge in [-0.2, -0.15) is 4.98 Å². The molecule has 0 aliphatic carbocycles. The summed E-state index contributed by atoms with van der Waals surface area (Å²) in [6.07, 6.45) is 3.15. The van der Waals surface area contributed by atoms with Crippen molar-refractivity contribution in [2.75, 3.05) is 17.9 Å². The second-order valence-corrected chi connectivity index (χ2v) is 15.3. The molecule has 1 aromatic heterocycles. The molecule has 42 heavy (non-hydrogen) atoms. The van der Waals surface area contributed by atoms with Crippen LogP contribution in [0.4, 0.5) is 5.95 Å². The molecule has 1 N–H and O–H groups in total. The third-order valence-electron chi connectivity index (χ3n) is 7.81. The zero-order valence-corrected chi connectivity index (χ0v) is 27.4. The molecule has 4 bridgehead atoms. The van der Waals surface area contributed by atoms with Crippen LogP contribution in [0.2, 0.25) is 0 Å². The van der Waals surface area contributed by atoms with Crippen LogP contribution >= 0.6 is 0 Å².